The summed E-state index contributed by atoms with van der Waals surface area (Å²) in [6.07, 6.45) is 5.82. The maximum absolute atomic E-state index is 13.8. The fourth-order valence-corrected chi connectivity index (χ4v) is 5.28. The molecule has 0 bridgehead atoms. The summed E-state index contributed by atoms with van der Waals surface area (Å²) in [5, 5.41) is 9.48. The van der Waals surface area contributed by atoms with Crippen LogP contribution in [0.2, 0.25) is 0 Å². The van der Waals surface area contributed by atoms with Crippen LogP contribution in [-0.2, 0) is 6.42 Å². The summed E-state index contributed by atoms with van der Waals surface area (Å²) in [5.41, 5.74) is 4.60. The zero-order valence-electron chi connectivity index (χ0n) is 21.5. The Morgan fingerprint density at radius 2 is 1.79 bits per heavy atom. The average molecular weight is 507 g/mol. The molecule has 0 radical (unpaired) electrons. The van der Waals surface area contributed by atoms with E-state index in [0.29, 0.717) is 5.95 Å². The molecule has 1 unspecified atom stereocenters. The number of halogens is 1. The van der Waals surface area contributed by atoms with Gasteiger partial charge in [0.05, 0.1) is 23.1 Å². The highest BCUT2D eigenvalue weighted by Crippen LogP contribution is 2.39. The third-order valence-electron chi connectivity index (χ3n) is 7.20. The average Bonchev–Trinajstić information content (AvgIpc) is 3.52. The molecular weight excluding hydrogens is 475 g/mol. The molecule has 192 valence electrons. The van der Waals surface area contributed by atoms with Gasteiger partial charge in [0.25, 0.3) is 0 Å². The first kappa shape index (κ1) is 24.1. The van der Waals surface area contributed by atoms with E-state index in [1.807, 2.05) is 6.07 Å². The third-order valence-corrected chi connectivity index (χ3v) is 7.20. The molecule has 5 aromatic rings. The minimum atomic E-state index is -0.260. The van der Waals surface area contributed by atoms with Crippen molar-refractivity contribution in [1.29, 1.82) is 0 Å². The molecule has 0 aliphatic carbocycles. The minimum absolute atomic E-state index is 0.201. The van der Waals surface area contributed by atoms with Gasteiger partial charge in [-0.2, -0.15) is 0 Å². The molecule has 0 spiro atoms. The van der Waals surface area contributed by atoms with Crippen molar-refractivity contribution in [2.24, 2.45) is 0 Å². The predicted molar refractivity (Wildman–Crippen MR) is 152 cm³/mol. The van der Waals surface area contributed by atoms with E-state index in [0.717, 1.165) is 72.9 Å². The summed E-state index contributed by atoms with van der Waals surface area (Å²) >= 11 is 0. The number of rotatable bonds is 9. The summed E-state index contributed by atoms with van der Waals surface area (Å²) in [6.45, 7) is 3.75. The van der Waals surface area contributed by atoms with Crippen LogP contribution in [0, 0.1) is 5.82 Å². The number of anilines is 2. The maximum Gasteiger partial charge on any atom is 0.223 e. The van der Waals surface area contributed by atoms with Gasteiger partial charge in [-0.3, -0.25) is 0 Å². The second kappa shape index (κ2) is 10.6. The molecule has 0 amide bonds. The molecule has 6 nitrogen and oxygen atoms in total. The van der Waals surface area contributed by atoms with Crippen molar-refractivity contribution in [3.05, 3.63) is 90.6 Å². The number of nitrogens with zero attached hydrogens (tertiary/aromatic N) is 4. The monoisotopic (exact) mass is 506 g/mol. The lowest BCUT2D eigenvalue weighted by Crippen LogP contribution is -2.17. The smallest absolute Gasteiger partial charge is 0.223 e. The molecule has 2 N–H and O–H groups in total. The molecular formula is C31H31FN6. The van der Waals surface area contributed by atoms with Gasteiger partial charge in [0.2, 0.25) is 5.95 Å². The summed E-state index contributed by atoms with van der Waals surface area (Å²) in [7, 11) is 0. The lowest BCUT2D eigenvalue weighted by atomic mass is 10.1. The first-order valence-electron chi connectivity index (χ1n) is 13.4. The van der Waals surface area contributed by atoms with E-state index in [1.165, 1.54) is 22.9 Å². The van der Waals surface area contributed by atoms with Gasteiger partial charge in [-0.1, -0.05) is 49.7 Å². The molecule has 1 aliphatic heterocycles. The van der Waals surface area contributed by atoms with Crippen molar-refractivity contribution >= 4 is 22.4 Å². The van der Waals surface area contributed by atoms with Crippen LogP contribution in [0.3, 0.4) is 0 Å². The molecule has 0 saturated carbocycles. The number of unbranched alkanes of at least 4 members (excludes halogenated alkanes) is 1. The van der Waals surface area contributed by atoms with E-state index in [9.17, 15) is 4.39 Å². The number of nitrogens with one attached hydrogen (secondary N) is 2. The summed E-state index contributed by atoms with van der Waals surface area (Å²) in [4.78, 5) is 14.4. The number of aryl methyl sites for hydroxylation is 1. The second-order valence-electron chi connectivity index (χ2n) is 9.75. The van der Waals surface area contributed by atoms with Gasteiger partial charge in [-0.05, 0) is 54.6 Å². The predicted octanol–water partition coefficient (Wildman–Crippen LogP) is 7.11. The molecule has 6 rings (SSSR count). The van der Waals surface area contributed by atoms with Crippen LogP contribution in [0.25, 0.3) is 33.4 Å². The van der Waals surface area contributed by atoms with Crippen LogP contribution in [-0.4, -0.2) is 32.6 Å². The van der Waals surface area contributed by atoms with Gasteiger partial charge in [-0.25, -0.2) is 19.3 Å². The summed E-state index contributed by atoms with van der Waals surface area (Å²) in [5.74, 6) is 1.38. The quantitative estimate of drug-likeness (QED) is 0.209. The van der Waals surface area contributed by atoms with Crippen molar-refractivity contribution in [2.75, 3.05) is 23.7 Å². The van der Waals surface area contributed by atoms with Gasteiger partial charge in [0, 0.05) is 42.3 Å². The topological polar surface area (TPSA) is 67.7 Å². The van der Waals surface area contributed by atoms with Crippen LogP contribution in [0.15, 0.2) is 79.0 Å². The van der Waals surface area contributed by atoms with Gasteiger partial charge in [-0.15, -0.1) is 0 Å². The van der Waals surface area contributed by atoms with Crippen LogP contribution >= 0.6 is 0 Å². The molecule has 7 heteroatoms. The standard InChI is InChI=1S/C31H31FN6/c1-2-3-18-33-31-34-19-17-27(36-31)30-29(22-11-13-23(32)14-12-22)37-28-16-15-24(38(28)30)20-35-26-10-6-8-21-7-4-5-9-25(21)26/h4-14,17,19,24,35H,2-3,15-16,18,20H2,1H3,(H,33,34,36). The molecule has 0 fully saturated rings. The number of hydrogen-bond acceptors (Lipinski definition) is 5. The van der Waals surface area contributed by atoms with E-state index in [1.54, 1.807) is 18.3 Å². The van der Waals surface area contributed by atoms with E-state index < -0.39 is 0 Å². The van der Waals surface area contributed by atoms with Crippen molar-refractivity contribution in [1.82, 2.24) is 19.5 Å². The zero-order valence-corrected chi connectivity index (χ0v) is 21.5. The highest BCUT2D eigenvalue weighted by atomic mass is 19.1. The van der Waals surface area contributed by atoms with Crippen molar-refractivity contribution in [3.63, 3.8) is 0 Å². The molecule has 38 heavy (non-hydrogen) atoms. The van der Waals surface area contributed by atoms with E-state index >= 15 is 0 Å². The number of hydrogen-bond donors (Lipinski definition) is 2. The number of aromatic nitrogens is 4. The Kier molecular flexibility index (Phi) is 6.73. The van der Waals surface area contributed by atoms with E-state index in [4.69, 9.17) is 9.97 Å². The minimum Gasteiger partial charge on any atom is -0.382 e. The highest BCUT2D eigenvalue weighted by Gasteiger charge is 2.31. The Bertz CT molecular complexity index is 1550. The third kappa shape index (κ3) is 4.72. The number of imidazole rings is 1. The van der Waals surface area contributed by atoms with Crippen LogP contribution in [0.1, 0.15) is 38.1 Å². The van der Waals surface area contributed by atoms with E-state index in [-0.39, 0.29) is 11.9 Å². The Hall–Kier alpha value is -4.26. The second-order valence-corrected chi connectivity index (χ2v) is 9.75. The van der Waals surface area contributed by atoms with Crippen molar-refractivity contribution < 1.29 is 4.39 Å². The Morgan fingerprint density at radius 3 is 2.66 bits per heavy atom. The highest BCUT2D eigenvalue weighted by molar-refractivity contribution is 5.93. The van der Waals surface area contributed by atoms with Gasteiger partial charge in [0.15, 0.2) is 0 Å². The van der Waals surface area contributed by atoms with Gasteiger partial charge < -0.3 is 15.2 Å². The Morgan fingerprint density at radius 1 is 0.947 bits per heavy atom. The molecule has 2 aromatic heterocycles. The first-order valence-corrected chi connectivity index (χ1v) is 13.4. The van der Waals surface area contributed by atoms with Gasteiger partial charge in [0.1, 0.15) is 11.6 Å². The summed E-state index contributed by atoms with van der Waals surface area (Å²) < 4.78 is 16.1. The van der Waals surface area contributed by atoms with Crippen LogP contribution in [0.5, 0.6) is 0 Å². The SMILES string of the molecule is CCCCNc1nccc(-c2c(-c3ccc(F)cc3)nc3n2C(CNc2cccc4ccccc24)CC3)n1. The van der Waals surface area contributed by atoms with Crippen LogP contribution < -0.4 is 10.6 Å². The van der Waals surface area contributed by atoms with Crippen molar-refractivity contribution in [3.8, 4) is 22.6 Å². The normalized spacial score (nSPS) is 14.5. The van der Waals surface area contributed by atoms with Crippen molar-refractivity contribution in [2.45, 2.75) is 38.6 Å². The fraction of sp³-hybridized carbons (Fsp3) is 0.258. The molecule has 1 atom stereocenters. The molecule has 0 saturated heterocycles. The molecule has 3 aromatic carbocycles. The number of fused-ring (bicyclic) bond motifs is 2. The van der Waals surface area contributed by atoms with E-state index in [2.05, 4.69) is 69.6 Å². The zero-order chi connectivity index (χ0) is 25.9. The largest absolute Gasteiger partial charge is 0.382 e. The summed E-state index contributed by atoms with van der Waals surface area (Å²) in [6, 6.07) is 23.5. The molecule has 1 aliphatic rings. The first-order chi connectivity index (χ1) is 18.7. The maximum atomic E-state index is 13.8. The lowest BCUT2D eigenvalue weighted by molar-refractivity contribution is 0.559. The Labute approximate surface area is 222 Å². The van der Waals surface area contributed by atoms with Crippen LogP contribution in [0.4, 0.5) is 16.0 Å². The lowest BCUT2D eigenvalue weighted by Gasteiger charge is -2.19. The fourth-order valence-electron chi connectivity index (χ4n) is 5.28. The Balaban J connectivity index is 1.38. The molecule has 3 heterocycles. The van der Waals surface area contributed by atoms with Gasteiger partial charge >= 0.3 is 0 Å². The number of benzene rings is 3.